The van der Waals surface area contributed by atoms with Crippen LogP contribution in [0.2, 0.25) is 0 Å². The van der Waals surface area contributed by atoms with Crippen molar-refractivity contribution in [1.82, 2.24) is 10.2 Å². The summed E-state index contributed by atoms with van der Waals surface area (Å²) in [6, 6.07) is 30.1. The summed E-state index contributed by atoms with van der Waals surface area (Å²) in [5.74, 6) is -0.778. The Balaban J connectivity index is 1.79. The summed E-state index contributed by atoms with van der Waals surface area (Å²) in [4.78, 5) is 29.5. The van der Waals surface area contributed by atoms with Crippen LogP contribution in [0.4, 0.5) is 5.69 Å². The molecule has 0 radical (unpaired) electrons. The molecule has 0 aromatic heterocycles. The van der Waals surface area contributed by atoms with E-state index in [4.69, 9.17) is 0 Å². The van der Waals surface area contributed by atoms with Crippen LogP contribution in [0.3, 0.4) is 0 Å². The summed E-state index contributed by atoms with van der Waals surface area (Å²) in [5.41, 5.74) is 4.96. The number of nitrogens with zero attached hydrogens (tertiary/aromatic N) is 2. The van der Waals surface area contributed by atoms with Gasteiger partial charge in [0.05, 0.1) is 10.6 Å². The molecule has 4 aromatic carbocycles. The van der Waals surface area contributed by atoms with E-state index in [1.807, 2.05) is 88.4 Å². The molecule has 224 valence electrons. The van der Waals surface area contributed by atoms with E-state index in [0.29, 0.717) is 12.2 Å². The number of hydrogen-bond donors (Lipinski definition) is 1. The van der Waals surface area contributed by atoms with Gasteiger partial charge in [-0.3, -0.25) is 13.9 Å². The van der Waals surface area contributed by atoms with Gasteiger partial charge in [0, 0.05) is 19.5 Å². The smallest absolute Gasteiger partial charge is 0.264 e. The molecular weight excluding hydrogens is 558 g/mol. The Bertz CT molecular complexity index is 1640. The lowest BCUT2D eigenvalue weighted by atomic mass is 10.0. The summed E-state index contributed by atoms with van der Waals surface area (Å²) in [6.45, 7) is 7.63. The summed E-state index contributed by atoms with van der Waals surface area (Å²) in [5, 5.41) is 2.89. The van der Waals surface area contributed by atoms with Gasteiger partial charge in [-0.05, 0) is 68.7 Å². The van der Waals surface area contributed by atoms with Gasteiger partial charge >= 0.3 is 0 Å². The zero-order valence-electron chi connectivity index (χ0n) is 25.2. The molecule has 0 aliphatic carbocycles. The molecule has 0 bridgehead atoms. The van der Waals surface area contributed by atoms with Crippen molar-refractivity contribution in [1.29, 1.82) is 0 Å². The van der Waals surface area contributed by atoms with Crippen LogP contribution >= 0.6 is 0 Å². The normalized spacial score (nSPS) is 11.9. The van der Waals surface area contributed by atoms with Gasteiger partial charge in [0.15, 0.2) is 0 Å². The molecule has 0 heterocycles. The van der Waals surface area contributed by atoms with Crippen molar-refractivity contribution in [2.45, 2.75) is 51.6 Å². The molecule has 0 saturated carbocycles. The minimum atomic E-state index is -4.12. The second-order valence-electron chi connectivity index (χ2n) is 10.8. The fourth-order valence-electron chi connectivity index (χ4n) is 4.89. The highest BCUT2D eigenvalue weighted by molar-refractivity contribution is 7.92. The van der Waals surface area contributed by atoms with Gasteiger partial charge < -0.3 is 10.2 Å². The summed E-state index contributed by atoms with van der Waals surface area (Å²) in [7, 11) is -4.12. The molecule has 2 amide bonds. The van der Waals surface area contributed by atoms with Crippen LogP contribution in [0.1, 0.15) is 34.7 Å². The van der Waals surface area contributed by atoms with E-state index >= 15 is 0 Å². The molecule has 1 atom stereocenters. The molecule has 8 heteroatoms. The third kappa shape index (κ3) is 8.11. The van der Waals surface area contributed by atoms with Crippen LogP contribution in [0.25, 0.3) is 0 Å². The molecule has 0 saturated heterocycles. The average molecular weight is 598 g/mol. The summed E-state index contributed by atoms with van der Waals surface area (Å²) in [6.07, 6.45) is 0.277. The van der Waals surface area contributed by atoms with Crippen molar-refractivity contribution >= 4 is 27.5 Å². The Hall–Kier alpha value is -4.43. The van der Waals surface area contributed by atoms with Crippen LogP contribution in [-0.4, -0.2) is 44.3 Å². The number of aryl methyl sites for hydroxylation is 3. The quantitative estimate of drug-likeness (QED) is 0.231. The zero-order chi connectivity index (χ0) is 31.0. The van der Waals surface area contributed by atoms with Crippen LogP contribution in [0, 0.1) is 20.8 Å². The van der Waals surface area contributed by atoms with Crippen molar-refractivity contribution in [2.24, 2.45) is 0 Å². The highest BCUT2D eigenvalue weighted by atomic mass is 32.2. The highest BCUT2D eigenvalue weighted by Gasteiger charge is 2.34. The van der Waals surface area contributed by atoms with Gasteiger partial charge in [-0.15, -0.1) is 0 Å². The first-order valence-electron chi connectivity index (χ1n) is 14.4. The summed E-state index contributed by atoms with van der Waals surface area (Å²) >= 11 is 0. The molecule has 43 heavy (non-hydrogen) atoms. The number of rotatable bonds is 12. The van der Waals surface area contributed by atoms with E-state index in [2.05, 4.69) is 5.32 Å². The number of anilines is 1. The Morgan fingerprint density at radius 1 is 0.744 bits per heavy atom. The largest absolute Gasteiger partial charge is 0.355 e. The van der Waals surface area contributed by atoms with Gasteiger partial charge in [0.25, 0.3) is 10.0 Å². The fourth-order valence-corrected chi connectivity index (χ4v) is 6.29. The van der Waals surface area contributed by atoms with Gasteiger partial charge in [0.2, 0.25) is 11.8 Å². The Labute approximate surface area is 255 Å². The van der Waals surface area contributed by atoms with Crippen molar-refractivity contribution in [3.8, 4) is 0 Å². The second-order valence-corrected chi connectivity index (χ2v) is 12.6. The fraction of sp³-hybridized carbons (Fsp3) is 0.257. The number of hydrogen-bond acceptors (Lipinski definition) is 4. The maximum absolute atomic E-state index is 14.4. The molecule has 4 rings (SSSR count). The average Bonchev–Trinajstić information content (AvgIpc) is 2.99. The minimum Gasteiger partial charge on any atom is -0.355 e. The second kappa shape index (κ2) is 14.2. The van der Waals surface area contributed by atoms with E-state index < -0.39 is 28.5 Å². The number of benzene rings is 4. The zero-order valence-corrected chi connectivity index (χ0v) is 26.0. The molecule has 0 aliphatic rings. The van der Waals surface area contributed by atoms with Crippen LogP contribution in [0.15, 0.2) is 108 Å². The van der Waals surface area contributed by atoms with Crippen molar-refractivity contribution in [3.05, 3.63) is 131 Å². The monoisotopic (exact) mass is 597 g/mol. The molecule has 1 N–H and O–H groups in total. The van der Waals surface area contributed by atoms with Gasteiger partial charge in [-0.25, -0.2) is 8.42 Å². The molecule has 4 aromatic rings. The predicted molar refractivity (Wildman–Crippen MR) is 171 cm³/mol. The minimum absolute atomic E-state index is 0.0852. The number of carbonyl (C=O) groups is 2. The first kappa shape index (κ1) is 31.5. The van der Waals surface area contributed by atoms with E-state index in [1.54, 1.807) is 42.5 Å². The Kier molecular flexibility index (Phi) is 10.4. The van der Waals surface area contributed by atoms with Crippen molar-refractivity contribution < 1.29 is 18.0 Å². The van der Waals surface area contributed by atoms with Crippen LogP contribution in [-0.2, 0) is 32.6 Å². The maximum atomic E-state index is 14.4. The molecule has 0 aliphatic heterocycles. The van der Waals surface area contributed by atoms with Gasteiger partial charge in [-0.1, -0.05) is 90.0 Å². The number of nitrogens with one attached hydrogen (secondary N) is 1. The SMILES string of the molecule is CCNC(=O)[C@@H](Cc1ccccc1)N(Cc1ccc(C)cc1)C(=O)CN(c1cccc(C)c1)S(=O)(=O)c1ccc(C)cc1. The number of carbonyl (C=O) groups excluding carboxylic acids is 2. The molecule has 7 nitrogen and oxygen atoms in total. The lowest BCUT2D eigenvalue weighted by molar-refractivity contribution is -0.140. The topological polar surface area (TPSA) is 86.8 Å². The highest BCUT2D eigenvalue weighted by Crippen LogP contribution is 2.26. The van der Waals surface area contributed by atoms with Gasteiger partial charge in [-0.2, -0.15) is 0 Å². The molecule has 0 fully saturated rings. The lowest BCUT2D eigenvalue weighted by Crippen LogP contribution is -2.53. The molecular formula is C35H39N3O4S. The van der Waals surface area contributed by atoms with E-state index in [-0.39, 0.29) is 23.8 Å². The third-order valence-corrected chi connectivity index (χ3v) is 9.06. The van der Waals surface area contributed by atoms with Crippen LogP contribution < -0.4 is 9.62 Å². The first-order valence-corrected chi connectivity index (χ1v) is 15.8. The Morgan fingerprint density at radius 3 is 1.98 bits per heavy atom. The van der Waals surface area contributed by atoms with E-state index in [9.17, 15) is 18.0 Å². The Morgan fingerprint density at radius 2 is 1.37 bits per heavy atom. The third-order valence-electron chi connectivity index (χ3n) is 7.27. The first-order chi connectivity index (χ1) is 20.6. The lowest BCUT2D eigenvalue weighted by Gasteiger charge is -2.34. The number of sulfonamides is 1. The molecule has 0 spiro atoms. The maximum Gasteiger partial charge on any atom is 0.264 e. The van der Waals surface area contributed by atoms with Crippen molar-refractivity contribution in [3.63, 3.8) is 0 Å². The van der Waals surface area contributed by atoms with Gasteiger partial charge in [0.1, 0.15) is 12.6 Å². The van der Waals surface area contributed by atoms with Crippen molar-refractivity contribution in [2.75, 3.05) is 17.4 Å². The van der Waals surface area contributed by atoms with E-state index in [0.717, 1.165) is 32.1 Å². The number of likely N-dealkylation sites (N-methyl/N-ethyl adjacent to an activating group) is 1. The van der Waals surface area contributed by atoms with Crippen LogP contribution in [0.5, 0.6) is 0 Å². The molecule has 0 unspecified atom stereocenters. The number of amides is 2. The van der Waals surface area contributed by atoms with E-state index in [1.165, 1.54) is 4.90 Å². The standard InChI is InChI=1S/C35H39N3O4S/c1-5-36-35(40)33(23-29-11-7-6-8-12-29)37(24-30-18-14-26(2)15-19-30)34(39)25-38(31-13-9-10-28(4)22-31)43(41,42)32-20-16-27(3)17-21-32/h6-22,33H,5,23-25H2,1-4H3,(H,36,40)/t33-/m1/s1. The summed E-state index contributed by atoms with van der Waals surface area (Å²) < 4.78 is 29.3. The predicted octanol–water partition coefficient (Wildman–Crippen LogP) is 5.58.